The first-order valence-electron chi connectivity index (χ1n) is 3.73. The Balaban J connectivity index is 0.000000561. The fourth-order valence-corrected chi connectivity index (χ4v) is 1.20. The summed E-state index contributed by atoms with van der Waals surface area (Å²) in [6.45, 7) is 5.83. The van der Waals surface area contributed by atoms with Crippen molar-refractivity contribution in [2.75, 3.05) is 0 Å². The predicted octanol–water partition coefficient (Wildman–Crippen LogP) is 4.98. The molecule has 0 nitrogen and oxygen atoms in total. The van der Waals surface area contributed by atoms with Gasteiger partial charge < -0.3 is 0 Å². The SMILES string of the molecule is CC.Cc1c(Cl)ccc(Cl)c1Cl. The Morgan fingerprint density at radius 3 is 1.75 bits per heavy atom. The zero-order valence-electron chi connectivity index (χ0n) is 7.29. The average molecular weight is 226 g/mol. The molecule has 0 bridgehead atoms. The summed E-state index contributed by atoms with van der Waals surface area (Å²) in [5, 5.41) is 1.73. The predicted molar refractivity (Wildman–Crippen MR) is 57.6 cm³/mol. The summed E-state index contributed by atoms with van der Waals surface area (Å²) in [7, 11) is 0. The first-order valence-corrected chi connectivity index (χ1v) is 4.86. The maximum Gasteiger partial charge on any atom is 0.0636 e. The third-order valence-corrected chi connectivity index (χ3v) is 2.58. The first kappa shape index (κ1) is 12.1. The highest BCUT2D eigenvalue weighted by Gasteiger charge is 2.03. The molecule has 12 heavy (non-hydrogen) atoms. The van der Waals surface area contributed by atoms with Gasteiger partial charge in [-0.2, -0.15) is 0 Å². The maximum absolute atomic E-state index is 5.77. The molecule has 0 radical (unpaired) electrons. The van der Waals surface area contributed by atoms with Gasteiger partial charge in [-0.1, -0.05) is 48.7 Å². The topological polar surface area (TPSA) is 0 Å². The summed E-state index contributed by atoms with van der Waals surface area (Å²) in [5.74, 6) is 0. The van der Waals surface area contributed by atoms with E-state index in [1.54, 1.807) is 12.1 Å². The van der Waals surface area contributed by atoms with Crippen LogP contribution in [0, 0.1) is 6.92 Å². The van der Waals surface area contributed by atoms with Crippen LogP contribution in [0.3, 0.4) is 0 Å². The van der Waals surface area contributed by atoms with Crippen molar-refractivity contribution in [3.63, 3.8) is 0 Å². The number of rotatable bonds is 0. The molecule has 0 atom stereocenters. The molecule has 0 amide bonds. The maximum atomic E-state index is 5.77. The number of hydrogen-bond donors (Lipinski definition) is 0. The second-order valence-corrected chi connectivity index (χ2v) is 3.16. The van der Waals surface area contributed by atoms with Gasteiger partial charge in [0.1, 0.15) is 0 Å². The molecule has 3 heteroatoms. The first-order chi connectivity index (χ1) is 5.63. The van der Waals surface area contributed by atoms with Gasteiger partial charge in [-0.05, 0) is 24.6 Å². The second kappa shape index (κ2) is 5.69. The van der Waals surface area contributed by atoms with Crippen LogP contribution in [-0.4, -0.2) is 0 Å². The molecule has 0 aliphatic rings. The van der Waals surface area contributed by atoms with E-state index in [0.29, 0.717) is 15.1 Å². The van der Waals surface area contributed by atoms with Crippen LogP contribution in [0.4, 0.5) is 0 Å². The Morgan fingerprint density at radius 2 is 1.33 bits per heavy atom. The number of halogens is 3. The van der Waals surface area contributed by atoms with Crippen LogP contribution in [0.5, 0.6) is 0 Å². The van der Waals surface area contributed by atoms with Crippen molar-refractivity contribution in [2.45, 2.75) is 20.8 Å². The van der Waals surface area contributed by atoms with E-state index in [0.717, 1.165) is 5.56 Å². The minimum Gasteiger partial charge on any atom is -0.0840 e. The van der Waals surface area contributed by atoms with E-state index >= 15 is 0 Å². The van der Waals surface area contributed by atoms with Crippen molar-refractivity contribution in [1.29, 1.82) is 0 Å². The average Bonchev–Trinajstić information content (AvgIpc) is 2.12. The fourth-order valence-electron chi connectivity index (χ4n) is 0.628. The molecule has 0 unspecified atom stereocenters. The molecule has 0 saturated carbocycles. The summed E-state index contributed by atoms with van der Waals surface area (Å²) in [6, 6.07) is 3.41. The molecule has 68 valence electrons. The second-order valence-electron chi connectivity index (χ2n) is 1.97. The molecule has 1 aromatic rings. The van der Waals surface area contributed by atoms with Gasteiger partial charge in [-0.25, -0.2) is 0 Å². The number of benzene rings is 1. The molecule has 0 aliphatic heterocycles. The minimum absolute atomic E-state index is 0.536. The quantitative estimate of drug-likeness (QED) is 0.546. The molecular formula is C9H11Cl3. The van der Waals surface area contributed by atoms with Crippen LogP contribution >= 0.6 is 34.8 Å². The molecule has 0 fully saturated rings. The van der Waals surface area contributed by atoms with Gasteiger partial charge >= 0.3 is 0 Å². The monoisotopic (exact) mass is 224 g/mol. The summed E-state index contributed by atoms with van der Waals surface area (Å²) in [4.78, 5) is 0. The molecule has 1 rings (SSSR count). The Hall–Kier alpha value is 0.0900. The molecule has 0 aliphatic carbocycles. The zero-order valence-corrected chi connectivity index (χ0v) is 9.56. The van der Waals surface area contributed by atoms with Gasteiger partial charge in [0.25, 0.3) is 0 Å². The Labute approximate surface area is 88.4 Å². The molecular weight excluding hydrogens is 214 g/mol. The standard InChI is InChI=1S/C7H5Cl3.C2H6/c1-4-5(8)2-3-6(9)7(4)10;1-2/h2-3H,1H3;1-2H3. The van der Waals surface area contributed by atoms with Gasteiger partial charge in [0.2, 0.25) is 0 Å². The van der Waals surface area contributed by atoms with Gasteiger partial charge in [0.15, 0.2) is 0 Å². The van der Waals surface area contributed by atoms with Gasteiger partial charge in [-0.3, -0.25) is 0 Å². The number of hydrogen-bond acceptors (Lipinski definition) is 0. The minimum atomic E-state index is 0.536. The highest BCUT2D eigenvalue weighted by atomic mass is 35.5. The van der Waals surface area contributed by atoms with E-state index in [-0.39, 0.29) is 0 Å². The summed E-state index contributed by atoms with van der Waals surface area (Å²) < 4.78 is 0. The van der Waals surface area contributed by atoms with Gasteiger partial charge in [-0.15, -0.1) is 0 Å². The van der Waals surface area contributed by atoms with Crippen molar-refractivity contribution in [3.8, 4) is 0 Å². The van der Waals surface area contributed by atoms with E-state index in [1.807, 2.05) is 20.8 Å². The van der Waals surface area contributed by atoms with E-state index in [4.69, 9.17) is 34.8 Å². The van der Waals surface area contributed by atoms with Crippen LogP contribution in [-0.2, 0) is 0 Å². The third-order valence-electron chi connectivity index (χ3n) is 1.27. The lowest BCUT2D eigenvalue weighted by atomic mass is 10.2. The summed E-state index contributed by atoms with van der Waals surface area (Å²) in [6.07, 6.45) is 0. The van der Waals surface area contributed by atoms with Crippen LogP contribution in [0.15, 0.2) is 12.1 Å². The molecule has 0 saturated heterocycles. The van der Waals surface area contributed by atoms with Crippen molar-refractivity contribution in [1.82, 2.24) is 0 Å². The Morgan fingerprint density at radius 1 is 0.917 bits per heavy atom. The smallest absolute Gasteiger partial charge is 0.0636 e. The molecule has 0 N–H and O–H groups in total. The van der Waals surface area contributed by atoms with Crippen molar-refractivity contribution in [2.24, 2.45) is 0 Å². The lowest BCUT2D eigenvalue weighted by Gasteiger charge is -2.00. The molecule has 1 aromatic carbocycles. The van der Waals surface area contributed by atoms with E-state index < -0.39 is 0 Å². The lowest BCUT2D eigenvalue weighted by Crippen LogP contribution is -1.77. The lowest BCUT2D eigenvalue weighted by molar-refractivity contribution is 1.47. The van der Waals surface area contributed by atoms with Gasteiger partial charge in [0.05, 0.1) is 10.0 Å². The van der Waals surface area contributed by atoms with Crippen molar-refractivity contribution < 1.29 is 0 Å². The highest BCUT2D eigenvalue weighted by Crippen LogP contribution is 2.29. The van der Waals surface area contributed by atoms with E-state index in [2.05, 4.69) is 0 Å². The molecule has 0 heterocycles. The Kier molecular flexibility index (Phi) is 5.73. The van der Waals surface area contributed by atoms with E-state index in [1.165, 1.54) is 0 Å². The molecule has 0 aromatic heterocycles. The summed E-state index contributed by atoms with van der Waals surface area (Å²) >= 11 is 17.2. The van der Waals surface area contributed by atoms with Crippen LogP contribution in [0.25, 0.3) is 0 Å². The highest BCUT2D eigenvalue weighted by molar-refractivity contribution is 6.43. The molecule has 0 spiro atoms. The van der Waals surface area contributed by atoms with E-state index in [9.17, 15) is 0 Å². The van der Waals surface area contributed by atoms with Crippen molar-refractivity contribution >= 4 is 34.8 Å². The fraction of sp³-hybridized carbons (Fsp3) is 0.333. The van der Waals surface area contributed by atoms with Gasteiger partial charge in [0, 0.05) is 5.02 Å². The normalized spacial score (nSPS) is 8.83. The van der Waals surface area contributed by atoms with Crippen LogP contribution in [0.2, 0.25) is 15.1 Å². The summed E-state index contributed by atoms with van der Waals surface area (Å²) in [5.41, 5.74) is 0.829. The van der Waals surface area contributed by atoms with Crippen molar-refractivity contribution in [3.05, 3.63) is 32.8 Å². The third kappa shape index (κ3) is 2.85. The zero-order chi connectivity index (χ0) is 9.72. The van der Waals surface area contributed by atoms with Crippen LogP contribution < -0.4 is 0 Å². The Bertz CT molecular complexity index is 229. The van der Waals surface area contributed by atoms with Crippen LogP contribution in [0.1, 0.15) is 19.4 Å². The largest absolute Gasteiger partial charge is 0.0840 e.